The van der Waals surface area contributed by atoms with Crippen molar-refractivity contribution in [2.24, 2.45) is 0 Å². The topological polar surface area (TPSA) is 106 Å². The van der Waals surface area contributed by atoms with Crippen molar-refractivity contribution >= 4 is 33.6 Å². The molecule has 0 saturated carbocycles. The molecule has 0 saturated heterocycles. The van der Waals surface area contributed by atoms with Gasteiger partial charge >= 0.3 is 12.0 Å². The van der Waals surface area contributed by atoms with Gasteiger partial charge in [-0.05, 0) is 43.3 Å². The summed E-state index contributed by atoms with van der Waals surface area (Å²) < 4.78 is 31.6. The molecule has 2 amide bonds. The second kappa shape index (κ2) is 9.33. The number of hydrogen-bond donors (Lipinski definition) is 1. The lowest BCUT2D eigenvalue weighted by Gasteiger charge is -2.21. The summed E-state index contributed by atoms with van der Waals surface area (Å²) in [6, 6.07) is 9.43. The van der Waals surface area contributed by atoms with Crippen LogP contribution in [-0.4, -0.2) is 43.5 Å². The molecule has 8 nitrogen and oxygen atoms in total. The minimum absolute atomic E-state index is 0.0678. The Hall–Kier alpha value is -2.65. The zero-order valence-corrected chi connectivity index (χ0v) is 16.0. The fraction of sp³-hybridized carbons (Fsp3) is 0.235. The summed E-state index contributed by atoms with van der Waals surface area (Å²) in [4.78, 5) is 29.3. The van der Waals surface area contributed by atoms with E-state index in [4.69, 9.17) is 16.3 Å². The first-order valence-corrected chi connectivity index (χ1v) is 9.80. The summed E-state index contributed by atoms with van der Waals surface area (Å²) in [7, 11) is -4.13. The highest BCUT2D eigenvalue weighted by molar-refractivity contribution is 7.90. The van der Waals surface area contributed by atoms with Gasteiger partial charge in [0.2, 0.25) is 0 Å². The van der Waals surface area contributed by atoms with Gasteiger partial charge in [-0.1, -0.05) is 17.7 Å². The fourth-order valence-electron chi connectivity index (χ4n) is 2.10. The average Bonchev–Trinajstić information content (AvgIpc) is 2.62. The fourth-order valence-corrected chi connectivity index (χ4v) is 3.20. The standard InChI is InChI=1S/C17H18ClN3O5S/c1-2-26-16(22)12-21(11-14-5-3-4-10-19-14)17(23)20-27(24,25)15-8-6-13(18)7-9-15/h3-10H,2,11-12H2,1H3,(H,20,23). The number of benzene rings is 1. The Morgan fingerprint density at radius 2 is 1.89 bits per heavy atom. The molecule has 0 spiro atoms. The zero-order chi connectivity index (χ0) is 19.9. The van der Waals surface area contributed by atoms with Gasteiger partial charge < -0.3 is 9.64 Å². The molecule has 1 heterocycles. The van der Waals surface area contributed by atoms with Gasteiger partial charge in [-0.25, -0.2) is 17.9 Å². The lowest BCUT2D eigenvalue weighted by molar-refractivity contribution is -0.143. The van der Waals surface area contributed by atoms with Gasteiger partial charge in [-0.2, -0.15) is 0 Å². The van der Waals surface area contributed by atoms with E-state index in [9.17, 15) is 18.0 Å². The van der Waals surface area contributed by atoms with Gasteiger partial charge in [0.25, 0.3) is 10.0 Å². The number of carbonyl (C=O) groups is 2. The van der Waals surface area contributed by atoms with E-state index in [1.165, 1.54) is 30.5 Å². The maximum atomic E-state index is 12.5. The van der Waals surface area contributed by atoms with E-state index in [1.807, 2.05) is 4.72 Å². The third kappa shape index (κ3) is 6.22. The summed E-state index contributed by atoms with van der Waals surface area (Å²) >= 11 is 5.75. The molecular weight excluding hydrogens is 394 g/mol. The number of sulfonamides is 1. The van der Waals surface area contributed by atoms with Crippen LogP contribution < -0.4 is 4.72 Å². The van der Waals surface area contributed by atoms with E-state index in [-0.39, 0.29) is 18.0 Å². The van der Waals surface area contributed by atoms with Crippen LogP contribution in [-0.2, 0) is 26.1 Å². The maximum absolute atomic E-state index is 12.5. The monoisotopic (exact) mass is 411 g/mol. The van der Waals surface area contributed by atoms with Crippen LogP contribution in [0.4, 0.5) is 4.79 Å². The Bertz CT molecular complexity index is 889. The SMILES string of the molecule is CCOC(=O)CN(Cc1ccccn1)C(=O)NS(=O)(=O)c1ccc(Cl)cc1. The highest BCUT2D eigenvalue weighted by Gasteiger charge is 2.24. The molecule has 144 valence electrons. The van der Waals surface area contributed by atoms with Crippen molar-refractivity contribution in [1.29, 1.82) is 0 Å². The number of amides is 2. The second-order valence-corrected chi connectivity index (χ2v) is 7.47. The van der Waals surface area contributed by atoms with Crippen molar-refractivity contribution in [3.63, 3.8) is 0 Å². The third-order valence-electron chi connectivity index (χ3n) is 3.34. The molecule has 0 fully saturated rings. The molecule has 2 rings (SSSR count). The van der Waals surface area contributed by atoms with Crippen molar-refractivity contribution < 1.29 is 22.7 Å². The van der Waals surface area contributed by atoms with E-state index in [1.54, 1.807) is 25.1 Å². The Morgan fingerprint density at radius 1 is 1.19 bits per heavy atom. The van der Waals surface area contributed by atoms with Crippen molar-refractivity contribution in [3.8, 4) is 0 Å². The van der Waals surface area contributed by atoms with Crippen molar-refractivity contribution in [2.75, 3.05) is 13.2 Å². The molecular formula is C17H18ClN3O5S. The first-order valence-electron chi connectivity index (χ1n) is 7.94. The number of aromatic nitrogens is 1. The van der Waals surface area contributed by atoms with E-state index < -0.39 is 28.6 Å². The van der Waals surface area contributed by atoms with Crippen LogP contribution in [0.5, 0.6) is 0 Å². The Labute approximate surface area is 162 Å². The Kier molecular flexibility index (Phi) is 7.14. The van der Waals surface area contributed by atoms with Crippen LogP contribution in [0.2, 0.25) is 5.02 Å². The van der Waals surface area contributed by atoms with E-state index >= 15 is 0 Å². The lowest BCUT2D eigenvalue weighted by atomic mass is 10.3. The molecule has 1 N–H and O–H groups in total. The van der Waals surface area contributed by atoms with Gasteiger partial charge in [0.1, 0.15) is 6.54 Å². The average molecular weight is 412 g/mol. The number of carbonyl (C=O) groups excluding carboxylic acids is 2. The summed E-state index contributed by atoms with van der Waals surface area (Å²) in [5, 5.41) is 0.361. The Morgan fingerprint density at radius 3 is 2.48 bits per heavy atom. The van der Waals surface area contributed by atoms with Gasteiger partial charge in [0.15, 0.2) is 0 Å². The summed E-state index contributed by atoms with van der Waals surface area (Å²) in [6.45, 7) is 1.28. The first-order chi connectivity index (χ1) is 12.8. The summed E-state index contributed by atoms with van der Waals surface area (Å²) in [5.74, 6) is -0.660. The minimum atomic E-state index is -4.13. The van der Waals surface area contributed by atoms with E-state index in [2.05, 4.69) is 4.98 Å². The number of ether oxygens (including phenoxy) is 1. The predicted octanol–water partition coefficient (Wildman–Crippen LogP) is 2.20. The molecule has 1 aromatic heterocycles. The number of pyridine rings is 1. The predicted molar refractivity (Wildman–Crippen MR) is 98.4 cm³/mol. The zero-order valence-electron chi connectivity index (χ0n) is 14.5. The summed E-state index contributed by atoms with van der Waals surface area (Å²) in [6.07, 6.45) is 1.53. The third-order valence-corrected chi connectivity index (χ3v) is 4.93. The second-order valence-electron chi connectivity index (χ2n) is 5.35. The normalized spacial score (nSPS) is 10.9. The molecule has 0 aliphatic rings. The molecule has 0 atom stereocenters. The molecule has 0 unspecified atom stereocenters. The summed E-state index contributed by atoms with van der Waals surface area (Å²) in [5.41, 5.74) is 0.487. The number of urea groups is 1. The van der Waals surface area contributed by atoms with Crippen molar-refractivity contribution in [2.45, 2.75) is 18.4 Å². The van der Waals surface area contributed by atoms with Crippen LogP contribution >= 0.6 is 11.6 Å². The smallest absolute Gasteiger partial charge is 0.332 e. The van der Waals surface area contributed by atoms with E-state index in [0.717, 1.165) is 4.90 Å². The largest absolute Gasteiger partial charge is 0.465 e. The van der Waals surface area contributed by atoms with Crippen molar-refractivity contribution in [3.05, 3.63) is 59.4 Å². The molecule has 2 aromatic rings. The lowest BCUT2D eigenvalue weighted by Crippen LogP contribution is -2.45. The van der Waals surface area contributed by atoms with Crippen LogP contribution in [0.15, 0.2) is 53.6 Å². The van der Waals surface area contributed by atoms with Crippen LogP contribution in [0.1, 0.15) is 12.6 Å². The number of nitrogens with zero attached hydrogens (tertiary/aromatic N) is 2. The first kappa shape index (κ1) is 20.7. The molecule has 0 radical (unpaired) electrons. The molecule has 1 aromatic carbocycles. The quantitative estimate of drug-likeness (QED) is 0.700. The van der Waals surface area contributed by atoms with Crippen LogP contribution in [0.25, 0.3) is 0 Å². The van der Waals surface area contributed by atoms with Crippen LogP contribution in [0, 0.1) is 0 Å². The van der Waals surface area contributed by atoms with Gasteiger partial charge in [-0.3, -0.25) is 9.78 Å². The van der Waals surface area contributed by atoms with Crippen molar-refractivity contribution in [1.82, 2.24) is 14.6 Å². The highest BCUT2D eigenvalue weighted by Crippen LogP contribution is 2.14. The number of hydrogen-bond acceptors (Lipinski definition) is 6. The molecule has 0 aliphatic carbocycles. The number of esters is 1. The molecule has 10 heteroatoms. The van der Waals surface area contributed by atoms with Gasteiger partial charge in [0, 0.05) is 11.2 Å². The Balaban J connectivity index is 2.18. The highest BCUT2D eigenvalue weighted by atomic mass is 35.5. The number of nitrogens with one attached hydrogen (secondary N) is 1. The van der Waals surface area contributed by atoms with Crippen LogP contribution in [0.3, 0.4) is 0 Å². The van der Waals surface area contributed by atoms with Gasteiger partial charge in [-0.15, -0.1) is 0 Å². The molecule has 27 heavy (non-hydrogen) atoms. The van der Waals surface area contributed by atoms with E-state index in [0.29, 0.717) is 10.7 Å². The molecule has 0 aliphatic heterocycles. The minimum Gasteiger partial charge on any atom is -0.465 e. The van der Waals surface area contributed by atoms with Gasteiger partial charge in [0.05, 0.1) is 23.7 Å². The number of halogens is 1. The number of rotatable bonds is 7. The maximum Gasteiger partial charge on any atom is 0.332 e. The molecule has 0 bridgehead atoms.